The average molecular weight is 288 g/mol. The van der Waals surface area contributed by atoms with Gasteiger partial charge in [-0.1, -0.05) is 42.5 Å². The number of hydrogen-bond acceptors (Lipinski definition) is 4. The van der Waals surface area contributed by atoms with Crippen LogP contribution in [0.1, 0.15) is 11.7 Å². The van der Waals surface area contributed by atoms with Gasteiger partial charge in [0.15, 0.2) is 6.10 Å². The second-order valence-electron chi connectivity index (χ2n) is 4.43. The molecule has 110 valence electrons. The number of para-hydroxylation sites is 1. The standard InChI is InChI=1S/C16H16O5/c17-9-10-21-14-4-2-1-3-13(14)11-5-7-12(8-6-11)15(18)16(19)20/h1-8,15,17-18H,9-10H2,(H,19,20). The Bertz CT molecular complexity index is 606. The third-order valence-corrected chi connectivity index (χ3v) is 3.01. The average Bonchev–Trinajstić information content (AvgIpc) is 2.52. The number of aliphatic carboxylic acids is 1. The molecule has 0 aromatic heterocycles. The van der Waals surface area contributed by atoms with E-state index >= 15 is 0 Å². The number of aliphatic hydroxyl groups is 2. The number of carbonyl (C=O) groups is 1. The molecule has 0 saturated heterocycles. The summed E-state index contributed by atoms with van der Waals surface area (Å²) in [5.41, 5.74) is 1.99. The zero-order valence-electron chi connectivity index (χ0n) is 11.3. The third-order valence-electron chi connectivity index (χ3n) is 3.01. The molecular weight excluding hydrogens is 272 g/mol. The Morgan fingerprint density at radius 3 is 2.38 bits per heavy atom. The van der Waals surface area contributed by atoms with Crippen molar-refractivity contribution in [3.05, 3.63) is 54.1 Å². The largest absolute Gasteiger partial charge is 0.491 e. The number of benzene rings is 2. The van der Waals surface area contributed by atoms with Crippen molar-refractivity contribution in [2.45, 2.75) is 6.10 Å². The van der Waals surface area contributed by atoms with Gasteiger partial charge in [0.1, 0.15) is 12.4 Å². The quantitative estimate of drug-likeness (QED) is 0.755. The fraction of sp³-hybridized carbons (Fsp3) is 0.188. The van der Waals surface area contributed by atoms with Gasteiger partial charge in [0.2, 0.25) is 0 Å². The molecule has 5 heteroatoms. The molecule has 3 N–H and O–H groups in total. The number of aliphatic hydroxyl groups excluding tert-OH is 2. The highest BCUT2D eigenvalue weighted by Crippen LogP contribution is 2.30. The van der Waals surface area contributed by atoms with Gasteiger partial charge in [0.25, 0.3) is 0 Å². The molecule has 2 aromatic rings. The van der Waals surface area contributed by atoms with E-state index in [0.717, 1.165) is 11.1 Å². The van der Waals surface area contributed by atoms with E-state index in [1.807, 2.05) is 18.2 Å². The van der Waals surface area contributed by atoms with Crippen molar-refractivity contribution < 1.29 is 24.9 Å². The SMILES string of the molecule is O=C(O)C(O)c1ccc(-c2ccccc2OCCO)cc1. The molecule has 0 amide bonds. The van der Waals surface area contributed by atoms with Crippen molar-refractivity contribution in [1.82, 2.24) is 0 Å². The molecular formula is C16H16O5. The smallest absolute Gasteiger partial charge is 0.337 e. The highest BCUT2D eigenvalue weighted by molar-refractivity contribution is 5.75. The van der Waals surface area contributed by atoms with Crippen LogP contribution in [0.2, 0.25) is 0 Å². The zero-order valence-corrected chi connectivity index (χ0v) is 11.3. The number of hydrogen-bond donors (Lipinski definition) is 3. The summed E-state index contributed by atoms with van der Waals surface area (Å²) in [6.07, 6.45) is -1.53. The molecule has 0 heterocycles. The van der Waals surface area contributed by atoms with E-state index < -0.39 is 12.1 Å². The summed E-state index contributed by atoms with van der Waals surface area (Å²) in [5.74, 6) is -0.646. The maximum absolute atomic E-state index is 10.7. The molecule has 0 spiro atoms. The summed E-state index contributed by atoms with van der Waals surface area (Å²) in [6, 6.07) is 13.9. The van der Waals surface area contributed by atoms with Crippen LogP contribution >= 0.6 is 0 Å². The lowest BCUT2D eigenvalue weighted by Gasteiger charge is -2.12. The van der Waals surface area contributed by atoms with E-state index in [-0.39, 0.29) is 13.2 Å². The lowest BCUT2D eigenvalue weighted by atomic mass is 10.0. The van der Waals surface area contributed by atoms with Gasteiger partial charge >= 0.3 is 5.97 Å². The highest BCUT2D eigenvalue weighted by atomic mass is 16.5. The first-order chi connectivity index (χ1) is 10.1. The second-order valence-corrected chi connectivity index (χ2v) is 4.43. The molecule has 0 aliphatic rings. The predicted octanol–water partition coefficient (Wildman–Crippen LogP) is 1.84. The van der Waals surface area contributed by atoms with Gasteiger partial charge in [-0.05, 0) is 17.2 Å². The Morgan fingerprint density at radius 1 is 1.10 bits per heavy atom. The van der Waals surface area contributed by atoms with E-state index in [4.69, 9.17) is 14.9 Å². The predicted molar refractivity (Wildman–Crippen MR) is 77.1 cm³/mol. The van der Waals surface area contributed by atoms with Crippen LogP contribution in [-0.2, 0) is 4.79 Å². The Labute approximate surface area is 122 Å². The van der Waals surface area contributed by atoms with Crippen LogP contribution < -0.4 is 4.74 Å². The van der Waals surface area contributed by atoms with E-state index in [9.17, 15) is 9.90 Å². The summed E-state index contributed by atoms with van der Waals surface area (Å²) in [5, 5.41) is 27.1. The monoisotopic (exact) mass is 288 g/mol. The molecule has 2 rings (SSSR count). The van der Waals surface area contributed by atoms with Crippen molar-refractivity contribution in [3.8, 4) is 16.9 Å². The number of carboxylic acid groups (broad SMARTS) is 1. The Hall–Kier alpha value is -2.37. The van der Waals surface area contributed by atoms with Crippen molar-refractivity contribution >= 4 is 5.97 Å². The summed E-state index contributed by atoms with van der Waals surface area (Å²) < 4.78 is 5.46. The maximum Gasteiger partial charge on any atom is 0.337 e. The zero-order chi connectivity index (χ0) is 15.2. The van der Waals surface area contributed by atoms with Crippen molar-refractivity contribution in [2.75, 3.05) is 13.2 Å². The van der Waals surface area contributed by atoms with E-state index in [0.29, 0.717) is 11.3 Å². The van der Waals surface area contributed by atoms with Crippen LogP contribution in [0.5, 0.6) is 5.75 Å². The van der Waals surface area contributed by atoms with Gasteiger partial charge in [-0.15, -0.1) is 0 Å². The van der Waals surface area contributed by atoms with E-state index in [1.54, 1.807) is 30.3 Å². The molecule has 0 aliphatic carbocycles. The minimum absolute atomic E-state index is 0.0714. The lowest BCUT2D eigenvalue weighted by molar-refractivity contribution is -0.146. The maximum atomic E-state index is 10.7. The molecule has 0 saturated carbocycles. The van der Waals surface area contributed by atoms with E-state index in [2.05, 4.69) is 0 Å². The number of carboxylic acids is 1. The van der Waals surface area contributed by atoms with Crippen LogP contribution in [0.3, 0.4) is 0 Å². The van der Waals surface area contributed by atoms with Gasteiger partial charge < -0.3 is 20.1 Å². The molecule has 0 aliphatic heterocycles. The van der Waals surface area contributed by atoms with Gasteiger partial charge in [-0.25, -0.2) is 4.79 Å². The van der Waals surface area contributed by atoms with Crippen LogP contribution in [0.25, 0.3) is 11.1 Å². The van der Waals surface area contributed by atoms with Gasteiger partial charge in [0.05, 0.1) is 6.61 Å². The van der Waals surface area contributed by atoms with Gasteiger partial charge in [0, 0.05) is 5.56 Å². The molecule has 0 radical (unpaired) electrons. The number of ether oxygens (including phenoxy) is 1. The van der Waals surface area contributed by atoms with E-state index in [1.165, 1.54) is 0 Å². The molecule has 0 fully saturated rings. The Balaban J connectivity index is 2.28. The first-order valence-electron chi connectivity index (χ1n) is 6.47. The minimum atomic E-state index is -1.53. The third kappa shape index (κ3) is 3.59. The summed E-state index contributed by atoms with van der Waals surface area (Å²) in [7, 11) is 0. The van der Waals surface area contributed by atoms with Crippen molar-refractivity contribution in [1.29, 1.82) is 0 Å². The Morgan fingerprint density at radius 2 is 1.76 bits per heavy atom. The fourth-order valence-corrected chi connectivity index (χ4v) is 1.97. The molecule has 1 unspecified atom stereocenters. The Kier molecular flexibility index (Phi) is 4.92. The minimum Gasteiger partial charge on any atom is -0.491 e. The van der Waals surface area contributed by atoms with Crippen molar-refractivity contribution in [2.24, 2.45) is 0 Å². The molecule has 0 bridgehead atoms. The van der Waals surface area contributed by atoms with Crippen molar-refractivity contribution in [3.63, 3.8) is 0 Å². The molecule has 2 aromatic carbocycles. The number of rotatable bonds is 6. The highest BCUT2D eigenvalue weighted by Gasteiger charge is 2.15. The second kappa shape index (κ2) is 6.88. The fourth-order valence-electron chi connectivity index (χ4n) is 1.97. The molecule has 1 atom stereocenters. The normalized spacial score (nSPS) is 11.9. The van der Waals surface area contributed by atoms with Crippen LogP contribution in [0.4, 0.5) is 0 Å². The first kappa shape index (κ1) is 15.0. The van der Waals surface area contributed by atoms with Crippen LogP contribution in [0, 0.1) is 0 Å². The summed E-state index contributed by atoms with van der Waals surface area (Å²) >= 11 is 0. The summed E-state index contributed by atoms with van der Waals surface area (Å²) in [6.45, 7) is 0.130. The van der Waals surface area contributed by atoms with Gasteiger partial charge in [-0.2, -0.15) is 0 Å². The lowest BCUT2D eigenvalue weighted by Crippen LogP contribution is -2.10. The van der Waals surface area contributed by atoms with Crippen LogP contribution in [0.15, 0.2) is 48.5 Å². The summed E-state index contributed by atoms with van der Waals surface area (Å²) in [4.78, 5) is 10.7. The molecule has 5 nitrogen and oxygen atoms in total. The topological polar surface area (TPSA) is 87.0 Å². The van der Waals surface area contributed by atoms with Crippen LogP contribution in [-0.4, -0.2) is 34.5 Å². The van der Waals surface area contributed by atoms with Gasteiger partial charge in [-0.3, -0.25) is 0 Å². The first-order valence-corrected chi connectivity index (χ1v) is 6.47. The molecule has 21 heavy (non-hydrogen) atoms.